The summed E-state index contributed by atoms with van der Waals surface area (Å²) < 4.78 is 40.3. The molecule has 0 heterocycles. The van der Waals surface area contributed by atoms with E-state index in [4.69, 9.17) is 5.11 Å². The molecule has 116 valence electrons. The molecule has 0 radical (unpaired) electrons. The molecule has 7 heteroatoms. The summed E-state index contributed by atoms with van der Waals surface area (Å²) >= 11 is 0. The Bertz CT molecular complexity index is 644. The molecular weight excluding hydrogens is 297 g/mol. The van der Waals surface area contributed by atoms with Crippen LogP contribution in [0.4, 0.5) is 4.39 Å². The summed E-state index contributed by atoms with van der Waals surface area (Å²) in [4.78, 5) is 10.2. The van der Waals surface area contributed by atoms with E-state index in [2.05, 4.69) is 11.6 Å². The number of hydrogen-bond acceptors (Lipinski definition) is 3. The second-order valence-electron chi connectivity index (χ2n) is 5.59. The molecule has 1 aliphatic rings. The predicted molar refractivity (Wildman–Crippen MR) is 75.1 cm³/mol. The molecule has 0 aromatic heterocycles. The molecule has 0 amide bonds. The normalized spacial score (nSPS) is 22.4. The van der Waals surface area contributed by atoms with Gasteiger partial charge < -0.3 is 5.11 Å². The minimum absolute atomic E-state index is 0.274. The average Bonchev–Trinajstić information content (AvgIpc) is 2.82. The topological polar surface area (TPSA) is 83.5 Å². The summed E-state index contributed by atoms with van der Waals surface area (Å²) in [5.74, 6) is -1.49. The van der Waals surface area contributed by atoms with Gasteiger partial charge in [0.15, 0.2) is 0 Å². The van der Waals surface area contributed by atoms with Crippen LogP contribution in [0.3, 0.4) is 0 Å². The molecule has 1 aromatic carbocycles. The molecule has 1 fully saturated rings. The van der Waals surface area contributed by atoms with Crippen molar-refractivity contribution >= 4 is 16.0 Å². The van der Waals surface area contributed by atoms with Crippen molar-refractivity contribution in [3.05, 3.63) is 29.6 Å². The van der Waals surface area contributed by atoms with Gasteiger partial charge in [0, 0.05) is 6.54 Å². The van der Waals surface area contributed by atoms with Gasteiger partial charge >= 0.3 is 5.97 Å². The van der Waals surface area contributed by atoms with E-state index in [-0.39, 0.29) is 18.0 Å². The van der Waals surface area contributed by atoms with E-state index in [1.807, 2.05) is 0 Å². The van der Waals surface area contributed by atoms with Gasteiger partial charge in [-0.2, -0.15) is 0 Å². The molecule has 2 rings (SSSR count). The maximum atomic E-state index is 13.8. The fourth-order valence-corrected chi connectivity index (χ4v) is 3.84. The lowest BCUT2D eigenvalue weighted by atomic mass is 10.1. The number of carboxylic acid groups (broad SMARTS) is 1. The van der Waals surface area contributed by atoms with Crippen LogP contribution in [0.1, 0.15) is 36.5 Å². The largest absolute Gasteiger partial charge is 0.478 e. The maximum absolute atomic E-state index is 13.8. The maximum Gasteiger partial charge on any atom is 0.335 e. The number of carbonyl (C=O) groups is 1. The zero-order valence-electron chi connectivity index (χ0n) is 11.7. The summed E-state index contributed by atoms with van der Waals surface area (Å²) in [5.41, 5.74) is -0.281. The first-order valence-electron chi connectivity index (χ1n) is 6.82. The van der Waals surface area contributed by atoms with Crippen molar-refractivity contribution in [3.63, 3.8) is 0 Å². The molecule has 0 bridgehead atoms. The summed E-state index contributed by atoms with van der Waals surface area (Å²) in [6, 6.07) is 2.78. The zero-order chi connectivity index (χ0) is 15.6. The van der Waals surface area contributed by atoms with Crippen LogP contribution in [0.25, 0.3) is 0 Å². The van der Waals surface area contributed by atoms with Crippen molar-refractivity contribution in [1.82, 2.24) is 4.72 Å². The van der Waals surface area contributed by atoms with E-state index in [0.717, 1.165) is 31.4 Å². The van der Waals surface area contributed by atoms with Crippen LogP contribution in [-0.4, -0.2) is 26.0 Å². The minimum Gasteiger partial charge on any atom is -0.478 e. The van der Waals surface area contributed by atoms with Crippen LogP contribution in [0, 0.1) is 17.7 Å². The van der Waals surface area contributed by atoms with Gasteiger partial charge in [0.2, 0.25) is 10.0 Å². The first kappa shape index (κ1) is 15.9. The third-order valence-corrected chi connectivity index (χ3v) is 5.29. The Hall–Kier alpha value is -1.47. The molecule has 0 spiro atoms. The number of carboxylic acids is 1. The van der Waals surface area contributed by atoms with E-state index >= 15 is 0 Å². The van der Waals surface area contributed by atoms with Gasteiger partial charge in [-0.25, -0.2) is 22.3 Å². The van der Waals surface area contributed by atoms with Gasteiger partial charge in [-0.3, -0.25) is 0 Å². The van der Waals surface area contributed by atoms with Crippen molar-refractivity contribution in [3.8, 4) is 0 Å². The fourth-order valence-electron chi connectivity index (χ4n) is 2.67. The van der Waals surface area contributed by atoms with Crippen LogP contribution in [0.5, 0.6) is 0 Å². The van der Waals surface area contributed by atoms with E-state index in [9.17, 15) is 17.6 Å². The van der Waals surface area contributed by atoms with E-state index < -0.39 is 26.7 Å². The molecule has 21 heavy (non-hydrogen) atoms. The second-order valence-corrected chi connectivity index (χ2v) is 7.32. The number of sulfonamides is 1. The van der Waals surface area contributed by atoms with Crippen molar-refractivity contribution in [1.29, 1.82) is 0 Å². The third kappa shape index (κ3) is 3.79. The van der Waals surface area contributed by atoms with Gasteiger partial charge in [-0.15, -0.1) is 0 Å². The summed E-state index contributed by atoms with van der Waals surface area (Å²) in [7, 11) is -3.96. The molecule has 0 aliphatic heterocycles. The highest BCUT2D eigenvalue weighted by atomic mass is 32.2. The Morgan fingerprint density at radius 3 is 2.67 bits per heavy atom. The first-order valence-corrected chi connectivity index (χ1v) is 8.30. The molecule has 1 saturated carbocycles. The Labute approximate surface area is 123 Å². The third-order valence-electron chi connectivity index (χ3n) is 3.83. The van der Waals surface area contributed by atoms with Crippen LogP contribution >= 0.6 is 0 Å². The molecule has 2 N–H and O–H groups in total. The summed E-state index contributed by atoms with van der Waals surface area (Å²) in [5, 5.41) is 8.74. The Morgan fingerprint density at radius 1 is 1.43 bits per heavy atom. The van der Waals surface area contributed by atoms with Crippen molar-refractivity contribution in [2.75, 3.05) is 6.54 Å². The Morgan fingerprint density at radius 2 is 2.14 bits per heavy atom. The SMILES string of the molecule is CC1CCC(CNS(=O)(=O)c2ccc(C(=O)O)cc2F)C1. The highest BCUT2D eigenvalue weighted by Crippen LogP contribution is 2.30. The van der Waals surface area contributed by atoms with Gasteiger partial charge in [0.1, 0.15) is 10.7 Å². The molecule has 1 aromatic rings. The second kappa shape index (κ2) is 6.11. The number of benzene rings is 1. The van der Waals surface area contributed by atoms with E-state index in [0.29, 0.717) is 12.0 Å². The minimum atomic E-state index is -3.96. The smallest absolute Gasteiger partial charge is 0.335 e. The monoisotopic (exact) mass is 315 g/mol. The van der Waals surface area contributed by atoms with E-state index in [1.54, 1.807) is 0 Å². The van der Waals surface area contributed by atoms with E-state index in [1.165, 1.54) is 0 Å². The standard InChI is InChI=1S/C14H18FNO4S/c1-9-2-3-10(6-9)8-16-21(19,20)13-5-4-11(14(17)18)7-12(13)15/h4-5,7,9-10,16H,2-3,6,8H2,1H3,(H,17,18). The summed E-state index contributed by atoms with van der Waals surface area (Å²) in [6.07, 6.45) is 3.00. The van der Waals surface area contributed by atoms with Crippen molar-refractivity contribution in [2.45, 2.75) is 31.1 Å². The zero-order valence-corrected chi connectivity index (χ0v) is 12.5. The highest BCUT2D eigenvalue weighted by molar-refractivity contribution is 7.89. The van der Waals surface area contributed by atoms with Gasteiger partial charge in [0.05, 0.1) is 5.56 Å². The van der Waals surface area contributed by atoms with Crippen molar-refractivity contribution in [2.24, 2.45) is 11.8 Å². The molecule has 5 nitrogen and oxygen atoms in total. The Kier molecular flexibility index (Phi) is 4.63. The fraction of sp³-hybridized carbons (Fsp3) is 0.500. The molecule has 2 atom stereocenters. The van der Waals surface area contributed by atoms with Crippen LogP contribution in [0.15, 0.2) is 23.1 Å². The molecule has 0 saturated heterocycles. The number of aromatic carboxylic acids is 1. The van der Waals surface area contributed by atoms with Crippen molar-refractivity contribution < 1.29 is 22.7 Å². The van der Waals surface area contributed by atoms with Crippen LogP contribution in [0.2, 0.25) is 0 Å². The predicted octanol–water partition coefficient (Wildman–Crippen LogP) is 2.24. The number of rotatable bonds is 5. The lowest BCUT2D eigenvalue weighted by Crippen LogP contribution is -2.29. The van der Waals surface area contributed by atoms with Gasteiger partial charge in [0.25, 0.3) is 0 Å². The molecule has 1 aliphatic carbocycles. The lowest BCUT2D eigenvalue weighted by Gasteiger charge is -2.12. The highest BCUT2D eigenvalue weighted by Gasteiger charge is 2.25. The van der Waals surface area contributed by atoms with Crippen LogP contribution in [-0.2, 0) is 10.0 Å². The number of hydrogen-bond donors (Lipinski definition) is 2. The average molecular weight is 315 g/mol. The van der Waals surface area contributed by atoms with Gasteiger partial charge in [-0.05, 0) is 42.9 Å². The first-order chi connectivity index (χ1) is 9.79. The number of nitrogens with one attached hydrogen (secondary N) is 1. The lowest BCUT2D eigenvalue weighted by molar-refractivity contribution is 0.0696. The van der Waals surface area contributed by atoms with Crippen LogP contribution < -0.4 is 4.72 Å². The van der Waals surface area contributed by atoms with Gasteiger partial charge in [-0.1, -0.05) is 13.3 Å². The molecule has 2 unspecified atom stereocenters. The Balaban J connectivity index is 2.10. The number of halogens is 1. The molecular formula is C14H18FNO4S. The quantitative estimate of drug-likeness (QED) is 0.873. The summed E-state index contributed by atoms with van der Waals surface area (Å²) in [6.45, 7) is 2.41.